The predicted octanol–water partition coefficient (Wildman–Crippen LogP) is 1.91. The number of aromatic carboxylic acids is 1. The molecule has 0 bridgehead atoms. The Morgan fingerprint density at radius 3 is 2.52 bits per heavy atom. The lowest BCUT2D eigenvalue weighted by atomic mass is 10.0. The molecule has 1 N–H and O–H groups in total. The highest BCUT2D eigenvalue weighted by molar-refractivity contribution is 6.04. The first kappa shape index (κ1) is 15.4. The molecule has 21 heavy (non-hydrogen) atoms. The summed E-state index contributed by atoms with van der Waals surface area (Å²) < 4.78 is 31.9. The van der Waals surface area contributed by atoms with Crippen LogP contribution < -0.4 is 0 Å². The number of hydrogen-bond acceptors (Lipinski definition) is 3. The summed E-state index contributed by atoms with van der Waals surface area (Å²) >= 11 is 0. The van der Waals surface area contributed by atoms with E-state index >= 15 is 0 Å². The fourth-order valence-electron chi connectivity index (χ4n) is 2.22. The molecule has 5 nitrogen and oxygen atoms in total. The van der Waals surface area contributed by atoms with Crippen LogP contribution in [0.1, 0.15) is 34.1 Å². The molecule has 0 aliphatic carbocycles. The highest BCUT2D eigenvalue weighted by atomic mass is 19.2. The van der Waals surface area contributed by atoms with Crippen LogP contribution in [0, 0.1) is 11.6 Å². The predicted molar refractivity (Wildman–Crippen MR) is 69.3 cm³/mol. The Morgan fingerprint density at radius 2 is 1.95 bits per heavy atom. The number of amides is 1. The standard InChI is InChI=1S/C14H15F2NO4/c1-2-8-7-17(3-4-21-8)13(18)9-5-11(15)12(16)6-10(9)14(19)20/h5-6,8H,2-4,7H2,1H3,(H,19,20). The van der Waals surface area contributed by atoms with E-state index in [1.54, 1.807) is 0 Å². The van der Waals surface area contributed by atoms with Crippen LogP contribution in [0.3, 0.4) is 0 Å². The third-order valence-corrected chi connectivity index (χ3v) is 3.40. The molecule has 1 saturated heterocycles. The maximum absolute atomic E-state index is 13.3. The Morgan fingerprint density at radius 1 is 1.33 bits per heavy atom. The number of hydrogen-bond donors (Lipinski definition) is 1. The molecule has 1 aromatic carbocycles. The van der Waals surface area contributed by atoms with Crippen molar-refractivity contribution in [2.24, 2.45) is 0 Å². The van der Waals surface area contributed by atoms with Gasteiger partial charge in [-0.15, -0.1) is 0 Å². The minimum absolute atomic E-state index is 0.138. The Hall–Kier alpha value is -2.02. The zero-order valence-electron chi connectivity index (χ0n) is 11.4. The molecule has 1 aliphatic rings. The van der Waals surface area contributed by atoms with Gasteiger partial charge in [0, 0.05) is 13.1 Å². The number of morpholine rings is 1. The minimum atomic E-state index is -1.47. The zero-order chi connectivity index (χ0) is 15.6. The molecule has 114 valence electrons. The second kappa shape index (κ2) is 6.17. The summed E-state index contributed by atoms with van der Waals surface area (Å²) in [5.74, 6) is -4.65. The van der Waals surface area contributed by atoms with E-state index in [-0.39, 0.29) is 18.2 Å². The largest absolute Gasteiger partial charge is 0.478 e. The number of benzene rings is 1. The fraction of sp³-hybridized carbons (Fsp3) is 0.429. The van der Waals surface area contributed by atoms with E-state index in [0.717, 1.165) is 0 Å². The lowest BCUT2D eigenvalue weighted by Crippen LogP contribution is -2.45. The van der Waals surface area contributed by atoms with E-state index in [1.165, 1.54) is 4.90 Å². The minimum Gasteiger partial charge on any atom is -0.478 e. The van der Waals surface area contributed by atoms with Gasteiger partial charge in [0.1, 0.15) is 0 Å². The van der Waals surface area contributed by atoms with Gasteiger partial charge >= 0.3 is 5.97 Å². The molecule has 1 amide bonds. The van der Waals surface area contributed by atoms with E-state index in [2.05, 4.69) is 0 Å². The number of ether oxygens (including phenoxy) is 1. The second-order valence-electron chi connectivity index (χ2n) is 4.77. The van der Waals surface area contributed by atoms with Crippen LogP contribution in [-0.4, -0.2) is 47.7 Å². The Bertz CT molecular complexity index is 576. The van der Waals surface area contributed by atoms with E-state index < -0.39 is 29.1 Å². The molecule has 0 radical (unpaired) electrons. The molecule has 1 aromatic rings. The molecule has 1 aliphatic heterocycles. The maximum atomic E-state index is 13.3. The molecule has 1 heterocycles. The van der Waals surface area contributed by atoms with Crippen molar-refractivity contribution < 1.29 is 28.2 Å². The highest BCUT2D eigenvalue weighted by Crippen LogP contribution is 2.19. The molecular weight excluding hydrogens is 284 g/mol. The third kappa shape index (κ3) is 3.18. The SMILES string of the molecule is CCC1CN(C(=O)c2cc(F)c(F)cc2C(=O)O)CCO1. The average Bonchev–Trinajstić information content (AvgIpc) is 2.48. The Labute approximate surface area is 120 Å². The number of rotatable bonds is 3. The lowest BCUT2D eigenvalue weighted by molar-refractivity contribution is -0.0226. The number of carboxylic acid groups (broad SMARTS) is 1. The molecule has 1 atom stereocenters. The molecule has 0 aromatic heterocycles. The van der Waals surface area contributed by atoms with Crippen molar-refractivity contribution in [3.8, 4) is 0 Å². The van der Waals surface area contributed by atoms with Crippen LogP contribution in [-0.2, 0) is 4.74 Å². The molecule has 1 fully saturated rings. The van der Waals surface area contributed by atoms with Crippen molar-refractivity contribution in [1.82, 2.24) is 4.90 Å². The van der Waals surface area contributed by atoms with Crippen LogP contribution in [0.15, 0.2) is 12.1 Å². The number of carbonyl (C=O) groups excluding carboxylic acids is 1. The van der Waals surface area contributed by atoms with Crippen molar-refractivity contribution in [1.29, 1.82) is 0 Å². The van der Waals surface area contributed by atoms with Crippen molar-refractivity contribution >= 4 is 11.9 Å². The first-order valence-corrected chi connectivity index (χ1v) is 6.57. The number of carbonyl (C=O) groups is 2. The second-order valence-corrected chi connectivity index (χ2v) is 4.77. The highest BCUT2D eigenvalue weighted by Gasteiger charge is 2.28. The van der Waals surface area contributed by atoms with Gasteiger partial charge in [-0.25, -0.2) is 13.6 Å². The van der Waals surface area contributed by atoms with E-state index in [4.69, 9.17) is 9.84 Å². The lowest BCUT2D eigenvalue weighted by Gasteiger charge is -2.32. The first-order valence-electron chi connectivity index (χ1n) is 6.57. The smallest absolute Gasteiger partial charge is 0.336 e. The number of nitrogens with zero attached hydrogens (tertiary/aromatic N) is 1. The van der Waals surface area contributed by atoms with Gasteiger partial charge in [0.15, 0.2) is 11.6 Å². The summed E-state index contributed by atoms with van der Waals surface area (Å²) in [7, 11) is 0. The van der Waals surface area contributed by atoms with Crippen molar-refractivity contribution in [2.45, 2.75) is 19.4 Å². The first-order chi connectivity index (χ1) is 9.93. The van der Waals surface area contributed by atoms with E-state index in [0.29, 0.717) is 31.7 Å². The third-order valence-electron chi connectivity index (χ3n) is 3.40. The maximum Gasteiger partial charge on any atom is 0.336 e. The molecule has 2 rings (SSSR count). The fourth-order valence-corrected chi connectivity index (χ4v) is 2.22. The quantitative estimate of drug-likeness (QED) is 0.926. The van der Waals surface area contributed by atoms with Gasteiger partial charge in [-0.2, -0.15) is 0 Å². The van der Waals surface area contributed by atoms with Crippen molar-refractivity contribution in [3.05, 3.63) is 34.9 Å². The molecular formula is C14H15F2NO4. The van der Waals surface area contributed by atoms with Gasteiger partial charge < -0.3 is 14.7 Å². The summed E-state index contributed by atoms with van der Waals surface area (Å²) in [6.45, 7) is 2.82. The summed E-state index contributed by atoms with van der Waals surface area (Å²) in [6, 6.07) is 1.17. The molecule has 1 unspecified atom stereocenters. The Kier molecular flexibility index (Phi) is 4.52. The summed E-state index contributed by atoms with van der Waals surface area (Å²) in [5.41, 5.74) is -0.892. The zero-order valence-corrected chi connectivity index (χ0v) is 11.4. The van der Waals surface area contributed by atoms with E-state index in [1.807, 2.05) is 6.92 Å². The molecule has 0 spiro atoms. The van der Waals surface area contributed by atoms with Gasteiger partial charge in [0.25, 0.3) is 5.91 Å². The van der Waals surface area contributed by atoms with Crippen LogP contribution in [0.5, 0.6) is 0 Å². The topological polar surface area (TPSA) is 66.8 Å². The average molecular weight is 299 g/mol. The normalized spacial score (nSPS) is 18.6. The van der Waals surface area contributed by atoms with Crippen LogP contribution in [0.2, 0.25) is 0 Å². The van der Waals surface area contributed by atoms with Gasteiger partial charge in [-0.3, -0.25) is 4.79 Å². The van der Waals surface area contributed by atoms with Gasteiger partial charge in [-0.05, 0) is 18.6 Å². The number of carboxylic acids is 1. The van der Waals surface area contributed by atoms with Crippen molar-refractivity contribution in [2.75, 3.05) is 19.7 Å². The summed E-state index contributed by atoms with van der Waals surface area (Å²) in [5, 5.41) is 9.04. The molecule has 7 heteroatoms. The summed E-state index contributed by atoms with van der Waals surface area (Å²) in [4.78, 5) is 24.9. The molecule has 0 saturated carbocycles. The van der Waals surface area contributed by atoms with E-state index in [9.17, 15) is 18.4 Å². The van der Waals surface area contributed by atoms with Gasteiger partial charge in [0.05, 0.1) is 23.8 Å². The van der Waals surface area contributed by atoms with Crippen LogP contribution in [0.25, 0.3) is 0 Å². The summed E-state index contributed by atoms with van der Waals surface area (Å²) in [6.07, 6.45) is 0.564. The Balaban J connectivity index is 2.34. The monoisotopic (exact) mass is 299 g/mol. The van der Waals surface area contributed by atoms with Crippen LogP contribution in [0.4, 0.5) is 8.78 Å². The number of halogens is 2. The van der Waals surface area contributed by atoms with Crippen LogP contribution >= 0.6 is 0 Å². The van der Waals surface area contributed by atoms with Gasteiger partial charge in [0.2, 0.25) is 0 Å². The van der Waals surface area contributed by atoms with Gasteiger partial charge in [-0.1, -0.05) is 6.92 Å². The van der Waals surface area contributed by atoms with Crippen molar-refractivity contribution in [3.63, 3.8) is 0 Å².